The van der Waals surface area contributed by atoms with Gasteiger partial charge in [0.05, 0.1) is 6.10 Å². The lowest BCUT2D eigenvalue weighted by Gasteiger charge is -2.19. The fraction of sp³-hybridized carbons (Fsp3) is 1.00. The van der Waals surface area contributed by atoms with Gasteiger partial charge in [-0.05, 0) is 62.2 Å². The highest BCUT2D eigenvalue weighted by atomic mass is 16.3. The summed E-state index contributed by atoms with van der Waals surface area (Å²) in [4.78, 5) is 0. The monoisotopic (exact) mass is 207 g/mol. The molecule has 2 N–H and O–H groups in total. The summed E-state index contributed by atoms with van der Waals surface area (Å²) < 4.78 is 0. The lowest BCUT2D eigenvalue weighted by molar-refractivity contribution is 0.145. The SMILES string of the molecule is O[C@H]1CCC[C@@H]1NC1C2C3CCC(C3)C12. The molecule has 4 saturated carbocycles. The van der Waals surface area contributed by atoms with Crippen LogP contribution >= 0.6 is 0 Å². The lowest BCUT2D eigenvalue weighted by Crippen LogP contribution is -2.39. The van der Waals surface area contributed by atoms with E-state index in [0.29, 0.717) is 6.04 Å². The highest BCUT2D eigenvalue weighted by Crippen LogP contribution is 2.65. The van der Waals surface area contributed by atoms with Gasteiger partial charge in [-0.25, -0.2) is 0 Å². The molecule has 15 heavy (non-hydrogen) atoms. The molecule has 2 heteroatoms. The van der Waals surface area contributed by atoms with Crippen LogP contribution in [-0.4, -0.2) is 23.3 Å². The molecule has 0 aromatic rings. The van der Waals surface area contributed by atoms with Crippen LogP contribution in [0.2, 0.25) is 0 Å². The summed E-state index contributed by atoms with van der Waals surface area (Å²) >= 11 is 0. The summed E-state index contributed by atoms with van der Waals surface area (Å²) in [5.41, 5.74) is 0. The van der Waals surface area contributed by atoms with Crippen molar-refractivity contribution in [1.29, 1.82) is 0 Å². The van der Waals surface area contributed by atoms with Crippen molar-refractivity contribution in [2.24, 2.45) is 23.7 Å². The van der Waals surface area contributed by atoms with E-state index in [2.05, 4.69) is 5.32 Å². The van der Waals surface area contributed by atoms with E-state index >= 15 is 0 Å². The van der Waals surface area contributed by atoms with Crippen LogP contribution in [0.3, 0.4) is 0 Å². The van der Waals surface area contributed by atoms with Gasteiger partial charge < -0.3 is 10.4 Å². The third-order valence-electron chi connectivity index (χ3n) is 5.62. The zero-order valence-electron chi connectivity index (χ0n) is 9.23. The molecule has 4 fully saturated rings. The molecule has 2 bridgehead atoms. The normalized spacial score (nSPS) is 61.0. The Balaban J connectivity index is 1.41. The zero-order chi connectivity index (χ0) is 9.99. The molecule has 84 valence electrons. The first kappa shape index (κ1) is 9.00. The van der Waals surface area contributed by atoms with Gasteiger partial charge in [0.25, 0.3) is 0 Å². The Morgan fingerprint density at radius 3 is 2.27 bits per heavy atom. The van der Waals surface area contributed by atoms with E-state index in [-0.39, 0.29) is 6.10 Å². The molecule has 0 aromatic carbocycles. The second-order valence-electron chi connectivity index (χ2n) is 6.29. The van der Waals surface area contributed by atoms with Crippen LogP contribution in [0.5, 0.6) is 0 Å². The van der Waals surface area contributed by atoms with E-state index < -0.39 is 0 Å². The van der Waals surface area contributed by atoms with Crippen molar-refractivity contribution in [3.05, 3.63) is 0 Å². The molecule has 0 saturated heterocycles. The van der Waals surface area contributed by atoms with Crippen LogP contribution in [0.15, 0.2) is 0 Å². The quantitative estimate of drug-likeness (QED) is 0.720. The molecule has 0 amide bonds. The molecule has 6 atom stereocenters. The van der Waals surface area contributed by atoms with E-state index in [1.807, 2.05) is 0 Å². The van der Waals surface area contributed by atoms with Gasteiger partial charge in [0.15, 0.2) is 0 Å². The van der Waals surface area contributed by atoms with Gasteiger partial charge in [0, 0.05) is 12.1 Å². The topological polar surface area (TPSA) is 32.3 Å². The Labute approximate surface area is 91.4 Å². The highest BCUT2D eigenvalue weighted by molar-refractivity contribution is 5.17. The number of hydrogen-bond donors (Lipinski definition) is 2. The second kappa shape index (κ2) is 2.98. The summed E-state index contributed by atoms with van der Waals surface area (Å²) in [5, 5.41) is 13.6. The van der Waals surface area contributed by atoms with Crippen molar-refractivity contribution in [2.45, 2.75) is 56.7 Å². The summed E-state index contributed by atoms with van der Waals surface area (Å²) in [6.07, 6.45) is 7.91. The van der Waals surface area contributed by atoms with E-state index in [0.717, 1.165) is 36.1 Å². The number of nitrogens with one attached hydrogen (secondary N) is 1. The zero-order valence-corrected chi connectivity index (χ0v) is 9.23. The van der Waals surface area contributed by atoms with Crippen LogP contribution in [0.1, 0.15) is 38.5 Å². The van der Waals surface area contributed by atoms with Crippen LogP contribution in [0.4, 0.5) is 0 Å². The van der Waals surface area contributed by atoms with Crippen LogP contribution in [0, 0.1) is 23.7 Å². The first-order chi connectivity index (χ1) is 7.34. The first-order valence-electron chi connectivity index (χ1n) is 6.79. The Hall–Kier alpha value is -0.0800. The smallest absolute Gasteiger partial charge is 0.0693 e. The summed E-state index contributed by atoms with van der Waals surface area (Å²) in [7, 11) is 0. The van der Waals surface area contributed by atoms with Crippen molar-refractivity contribution in [3.63, 3.8) is 0 Å². The van der Waals surface area contributed by atoms with Crippen molar-refractivity contribution in [2.75, 3.05) is 0 Å². The molecule has 4 unspecified atom stereocenters. The number of hydrogen-bond acceptors (Lipinski definition) is 2. The second-order valence-corrected chi connectivity index (χ2v) is 6.29. The maximum Gasteiger partial charge on any atom is 0.0693 e. The van der Waals surface area contributed by atoms with Crippen molar-refractivity contribution < 1.29 is 5.11 Å². The Morgan fingerprint density at radius 2 is 1.67 bits per heavy atom. The molecule has 0 aliphatic heterocycles. The van der Waals surface area contributed by atoms with E-state index in [9.17, 15) is 5.11 Å². The van der Waals surface area contributed by atoms with E-state index in [1.54, 1.807) is 0 Å². The van der Waals surface area contributed by atoms with Gasteiger partial charge in [0.1, 0.15) is 0 Å². The molecule has 0 aromatic heterocycles. The van der Waals surface area contributed by atoms with Gasteiger partial charge >= 0.3 is 0 Å². The van der Waals surface area contributed by atoms with Gasteiger partial charge in [0.2, 0.25) is 0 Å². The number of rotatable bonds is 2. The summed E-state index contributed by atoms with van der Waals surface area (Å²) in [6.45, 7) is 0. The minimum absolute atomic E-state index is 0.0519. The largest absolute Gasteiger partial charge is 0.392 e. The molecule has 0 spiro atoms. The van der Waals surface area contributed by atoms with E-state index in [1.165, 1.54) is 32.1 Å². The van der Waals surface area contributed by atoms with Gasteiger partial charge in [-0.3, -0.25) is 0 Å². The van der Waals surface area contributed by atoms with Crippen LogP contribution in [0.25, 0.3) is 0 Å². The summed E-state index contributed by atoms with van der Waals surface area (Å²) in [5.74, 6) is 4.13. The van der Waals surface area contributed by atoms with Crippen LogP contribution in [-0.2, 0) is 0 Å². The Kier molecular flexibility index (Phi) is 1.79. The number of aliphatic hydroxyl groups is 1. The van der Waals surface area contributed by atoms with Crippen molar-refractivity contribution >= 4 is 0 Å². The summed E-state index contributed by atoms with van der Waals surface area (Å²) in [6, 6.07) is 1.23. The number of fused-ring (bicyclic) bond motifs is 5. The minimum atomic E-state index is -0.0519. The fourth-order valence-electron chi connectivity index (χ4n) is 4.93. The van der Waals surface area contributed by atoms with Crippen molar-refractivity contribution in [1.82, 2.24) is 5.32 Å². The fourth-order valence-corrected chi connectivity index (χ4v) is 4.93. The average Bonchev–Trinajstić information content (AvgIpc) is 2.62. The molecule has 4 aliphatic rings. The van der Waals surface area contributed by atoms with Crippen molar-refractivity contribution in [3.8, 4) is 0 Å². The maximum atomic E-state index is 9.81. The predicted molar refractivity (Wildman–Crippen MR) is 58.4 cm³/mol. The Bertz CT molecular complexity index is 264. The van der Waals surface area contributed by atoms with Gasteiger partial charge in [-0.15, -0.1) is 0 Å². The predicted octanol–water partition coefficient (Wildman–Crippen LogP) is 1.53. The first-order valence-corrected chi connectivity index (χ1v) is 6.79. The Morgan fingerprint density at radius 1 is 0.933 bits per heavy atom. The molecule has 2 nitrogen and oxygen atoms in total. The van der Waals surface area contributed by atoms with Gasteiger partial charge in [-0.1, -0.05) is 0 Å². The molecular weight excluding hydrogens is 186 g/mol. The maximum absolute atomic E-state index is 9.81. The lowest BCUT2D eigenvalue weighted by atomic mass is 10.0. The average molecular weight is 207 g/mol. The standard InChI is InChI=1S/C13H21NO/c15-10-3-1-2-9(10)14-13-11-7-4-5-8(6-7)12(11)13/h7-15H,1-6H2/t7?,8?,9-,10-,11?,12?,13?/m0/s1. The third kappa shape index (κ3) is 1.18. The molecular formula is C13H21NO. The molecule has 4 aliphatic carbocycles. The molecule has 0 radical (unpaired) electrons. The van der Waals surface area contributed by atoms with Gasteiger partial charge in [-0.2, -0.15) is 0 Å². The highest BCUT2D eigenvalue weighted by Gasteiger charge is 2.65. The minimum Gasteiger partial charge on any atom is -0.392 e. The third-order valence-corrected chi connectivity index (χ3v) is 5.62. The molecule has 0 heterocycles. The molecule has 4 rings (SSSR count). The number of aliphatic hydroxyl groups excluding tert-OH is 1. The van der Waals surface area contributed by atoms with Crippen LogP contribution < -0.4 is 5.32 Å². The van der Waals surface area contributed by atoms with E-state index in [4.69, 9.17) is 0 Å².